The minimum absolute atomic E-state index is 0. The molecule has 1 aromatic heterocycles. The van der Waals surface area contributed by atoms with Gasteiger partial charge in [-0.2, -0.15) is 0 Å². The fraction of sp³-hybridized carbons (Fsp3) is 0.375. The molecule has 0 fully saturated rings. The summed E-state index contributed by atoms with van der Waals surface area (Å²) in [6.07, 6.45) is 0.713. The molecule has 0 aliphatic rings. The van der Waals surface area contributed by atoms with Crippen molar-refractivity contribution in [2.75, 3.05) is 18.5 Å². The van der Waals surface area contributed by atoms with Crippen molar-refractivity contribution in [2.45, 2.75) is 26.2 Å². The van der Waals surface area contributed by atoms with E-state index in [1.54, 1.807) is 17.3 Å². The van der Waals surface area contributed by atoms with Crippen molar-refractivity contribution in [3.05, 3.63) is 45.9 Å². The van der Waals surface area contributed by atoms with Crippen LogP contribution in [0.25, 0.3) is 0 Å². The van der Waals surface area contributed by atoms with Crippen LogP contribution >= 0.6 is 23.7 Å². The van der Waals surface area contributed by atoms with Crippen LogP contribution in [0.1, 0.15) is 40.8 Å². The van der Waals surface area contributed by atoms with E-state index in [0.717, 1.165) is 10.7 Å². The number of aromatic nitrogens is 1. The van der Waals surface area contributed by atoms with Crippen LogP contribution in [0.3, 0.4) is 0 Å². The molecule has 22 heavy (non-hydrogen) atoms. The van der Waals surface area contributed by atoms with Crippen molar-refractivity contribution in [2.24, 2.45) is 5.73 Å². The summed E-state index contributed by atoms with van der Waals surface area (Å²) < 4.78 is 0. The van der Waals surface area contributed by atoms with Crippen LogP contribution in [0.4, 0.5) is 5.69 Å². The van der Waals surface area contributed by atoms with Gasteiger partial charge in [-0.3, -0.25) is 4.79 Å². The van der Waals surface area contributed by atoms with Crippen LogP contribution in [0, 0.1) is 0 Å². The SMILES string of the molecule is CC(C)c1ccc(N(C)C(=O)c2csc(CCN)n2)cc1.Cl. The van der Waals surface area contributed by atoms with E-state index >= 15 is 0 Å². The number of carbonyl (C=O) groups excluding carboxylic acids is 1. The van der Waals surface area contributed by atoms with Crippen LogP contribution in [0.2, 0.25) is 0 Å². The molecule has 0 radical (unpaired) electrons. The number of carbonyl (C=O) groups is 1. The lowest BCUT2D eigenvalue weighted by molar-refractivity contribution is 0.0989. The Kier molecular flexibility index (Phi) is 7.00. The van der Waals surface area contributed by atoms with Gasteiger partial charge in [0.1, 0.15) is 5.69 Å². The van der Waals surface area contributed by atoms with Gasteiger partial charge in [0.25, 0.3) is 5.91 Å². The van der Waals surface area contributed by atoms with Gasteiger partial charge >= 0.3 is 0 Å². The van der Waals surface area contributed by atoms with Crippen molar-refractivity contribution in [1.82, 2.24) is 4.98 Å². The number of benzene rings is 1. The van der Waals surface area contributed by atoms with E-state index in [-0.39, 0.29) is 18.3 Å². The largest absolute Gasteiger partial charge is 0.330 e. The molecule has 0 atom stereocenters. The number of amides is 1. The fourth-order valence-electron chi connectivity index (χ4n) is 2.02. The first-order valence-corrected chi connectivity index (χ1v) is 7.93. The second-order valence-corrected chi connectivity index (χ2v) is 6.22. The van der Waals surface area contributed by atoms with Crippen molar-refractivity contribution >= 4 is 35.3 Å². The predicted octanol–water partition coefficient (Wildman–Crippen LogP) is 3.47. The number of anilines is 1. The summed E-state index contributed by atoms with van der Waals surface area (Å²) in [5.41, 5.74) is 8.13. The number of nitrogens with zero attached hydrogens (tertiary/aromatic N) is 2. The first kappa shape index (κ1) is 18.6. The maximum atomic E-state index is 12.4. The monoisotopic (exact) mass is 339 g/mol. The zero-order valence-electron chi connectivity index (χ0n) is 13.1. The molecule has 1 amide bonds. The molecule has 2 N–H and O–H groups in total. The van der Waals surface area contributed by atoms with Crippen LogP contribution < -0.4 is 10.6 Å². The Balaban J connectivity index is 0.00000242. The molecule has 2 aromatic rings. The average Bonchev–Trinajstić information content (AvgIpc) is 2.95. The first-order chi connectivity index (χ1) is 10.0. The highest BCUT2D eigenvalue weighted by Crippen LogP contribution is 2.21. The van der Waals surface area contributed by atoms with E-state index in [2.05, 4.69) is 31.0 Å². The minimum Gasteiger partial charge on any atom is -0.330 e. The molecular formula is C16H22ClN3OS. The Morgan fingerprint density at radius 2 is 1.95 bits per heavy atom. The molecule has 0 saturated heterocycles. The zero-order chi connectivity index (χ0) is 15.4. The van der Waals surface area contributed by atoms with Gasteiger partial charge in [-0.05, 0) is 30.2 Å². The molecule has 0 aliphatic carbocycles. The van der Waals surface area contributed by atoms with E-state index in [4.69, 9.17) is 5.73 Å². The van der Waals surface area contributed by atoms with Crippen LogP contribution in [-0.4, -0.2) is 24.5 Å². The van der Waals surface area contributed by atoms with E-state index in [9.17, 15) is 4.79 Å². The molecule has 4 nitrogen and oxygen atoms in total. The third kappa shape index (κ3) is 4.29. The molecule has 0 aliphatic heterocycles. The number of halogens is 1. The molecular weight excluding hydrogens is 318 g/mol. The van der Waals surface area contributed by atoms with E-state index in [1.165, 1.54) is 16.9 Å². The van der Waals surface area contributed by atoms with Crippen LogP contribution in [0.5, 0.6) is 0 Å². The molecule has 1 heterocycles. The average molecular weight is 340 g/mol. The Bertz CT molecular complexity index is 610. The van der Waals surface area contributed by atoms with Gasteiger partial charge in [0.05, 0.1) is 5.01 Å². The number of hydrogen-bond donors (Lipinski definition) is 1. The lowest BCUT2D eigenvalue weighted by atomic mass is 10.0. The third-order valence-corrected chi connectivity index (χ3v) is 4.29. The minimum atomic E-state index is -0.0909. The summed E-state index contributed by atoms with van der Waals surface area (Å²) in [7, 11) is 1.77. The maximum Gasteiger partial charge on any atom is 0.277 e. The van der Waals surface area contributed by atoms with Crippen LogP contribution in [0.15, 0.2) is 29.6 Å². The Morgan fingerprint density at radius 1 is 1.32 bits per heavy atom. The second kappa shape index (κ2) is 8.27. The summed E-state index contributed by atoms with van der Waals surface area (Å²) in [6, 6.07) is 8.07. The Labute approximate surface area is 141 Å². The quantitative estimate of drug-likeness (QED) is 0.907. The lowest BCUT2D eigenvalue weighted by Gasteiger charge is -2.17. The smallest absolute Gasteiger partial charge is 0.277 e. The summed E-state index contributed by atoms with van der Waals surface area (Å²) in [6.45, 7) is 4.85. The third-order valence-electron chi connectivity index (χ3n) is 3.38. The van der Waals surface area contributed by atoms with Crippen molar-refractivity contribution in [1.29, 1.82) is 0 Å². The van der Waals surface area contributed by atoms with Crippen molar-refractivity contribution < 1.29 is 4.79 Å². The molecule has 6 heteroatoms. The topological polar surface area (TPSA) is 59.2 Å². The standard InChI is InChI=1S/C16H21N3OS.ClH/c1-11(2)12-4-6-13(7-5-12)19(3)16(20)14-10-21-15(18-14)8-9-17;/h4-7,10-11H,8-9,17H2,1-3H3;1H. The summed E-state index contributed by atoms with van der Waals surface area (Å²) in [5.74, 6) is 0.393. The molecule has 0 bridgehead atoms. The highest BCUT2D eigenvalue weighted by atomic mass is 35.5. The van der Waals surface area contributed by atoms with E-state index in [0.29, 0.717) is 24.6 Å². The van der Waals surface area contributed by atoms with E-state index in [1.807, 2.05) is 12.1 Å². The molecule has 120 valence electrons. The Hall–Kier alpha value is -1.43. The predicted molar refractivity (Wildman–Crippen MR) is 95.4 cm³/mol. The normalized spacial score (nSPS) is 10.4. The summed E-state index contributed by atoms with van der Waals surface area (Å²) in [5, 5.41) is 2.70. The highest BCUT2D eigenvalue weighted by molar-refractivity contribution is 7.09. The molecule has 0 spiro atoms. The fourth-order valence-corrected chi connectivity index (χ4v) is 2.81. The number of thiazole rings is 1. The molecule has 2 rings (SSSR count). The number of nitrogens with two attached hydrogens (primary N) is 1. The van der Waals surface area contributed by atoms with Gasteiger partial charge in [0.15, 0.2) is 0 Å². The summed E-state index contributed by atoms with van der Waals surface area (Å²) in [4.78, 5) is 18.4. The van der Waals surface area contributed by atoms with Gasteiger partial charge in [-0.1, -0.05) is 26.0 Å². The first-order valence-electron chi connectivity index (χ1n) is 7.05. The lowest BCUT2D eigenvalue weighted by Crippen LogP contribution is -2.26. The zero-order valence-corrected chi connectivity index (χ0v) is 14.7. The Morgan fingerprint density at radius 3 is 2.50 bits per heavy atom. The van der Waals surface area contributed by atoms with Gasteiger partial charge in [0, 0.05) is 24.5 Å². The number of rotatable bonds is 5. The maximum absolute atomic E-state index is 12.4. The van der Waals surface area contributed by atoms with Gasteiger partial charge in [-0.15, -0.1) is 23.7 Å². The van der Waals surface area contributed by atoms with Crippen molar-refractivity contribution in [3.63, 3.8) is 0 Å². The molecule has 1 aromatic carbocycles. The van der Waals surface area contributed by atoms with Gasteiger partial charge in [-0.25, -0.2) is 4.98 Å². The number of hydrogen-bond acceptors (Lipinski definition) is 4. The summed E-state index contributed by atoms with van der Waals surface area (Å²) >= 11 is 1.48. The highest BCUT2D eigenvalue weighted by Gasteiger charge is 2.16. The second-order valence-electron chi connectivity index (χ2n) is 5.28. The van der Waals surface area contributed by atoms with Gasteiger partial charge in [0.2, 0.25) is 0 Å². The molecule has 0 unspecified atom stereocenters. The van der Waals surface area contributed by atoms with E-state index < -0.39 is 0 Å². The molecule has 0 saturated carbocycles. The van der Waals surface area contributed by atoms with Crippen molar-refractivity contribution in [3.8, 4) is 0 Å². The van der Waals surface area contributed by atoms with Crippen LogP contribution in [-0.2, 0) is 6.42 Å². The van der Waals surface area contributed by atoms with Gasteiger partial charge < -0.3 is 10.6 Å².